The largest absolute Gasteiger partial charge is 0.478 e. The molecule has 0 saturated carbocycles. The molecule has 2 unspecified atom stereocenters. The zero-order chi connectivity index (χ0) is 37.9. The second-order valence-corrected chi connectivity index (χ2v) is 13.6. The minimum Gasteiger partial charge on any atom is -0.478 e. The molecule has 0 bridgehead atoms. The number of aromatic nitrogens is 1. The fourth-order valence-electron chi connectivity index (χ4n) is 6.82. The standard InChI is InChI=1S/C43H46N4O6/c1-29(23-33-17-19-34(20-18-33)24-36-14-9-21-44-26-36)27-46(28-35-12-6-5-7-13-35)22-10-11-30(2)53-43(50)40-32(4)45-31(3)39(42(48)49)41(40)37-15-8-16-38(25-37)47(51)52/h5-9,12-21,23,25-26,30,41,45H,10-11,22,24,27-28H2,1-4H3,(H,48,49). The topological polar surface area (TPSA) is 135 Å². The van der Waals surface area contributed by atoms with Crippen LogP contribution < -0.4 is 5.32 Å². The van der Waals surface area contributed by atoms with Crippen LogP contribution in [0.1, 0.15) is 74.3 Å². The summed E-state index contributed by atoms with van der Waals surface area (Å²) in [6.45, 7) is 9.54. The number of rotatable bonds is 16. The van der Waals surface area contributed by atoms with Gasteiger partial charge in [-0.25, -0.2) is 9.59 Å². The first-order valence-electron chi connectivity index (χ1n) is 17.8. The lowest BCUT2D eigenvalue weighted by Crippen LogP contribution is -2.33. The number of non-ortho nitro benzene ring substituents is 1. The van der Waals surface area contributed by atoms with Gasteiger partial charge in [0.25, 0.3) is 5.69 Å². The molecule has 53 heavy (non-hydrogen) atoms. The van der Waals surface area contributed by atoms with Crippen molar-refractivity contribution in [1.82, 2.24) is 15.2 Å². The van der Waals surface area contributed by atoms with Gasteiger partial charge in [0.2, 0.25) is 0 Å². The molecule has 0 saturated heterocycles. The number of benzene rings is 3. The summed E-state index contributed by atoms with van der Waals surface area (Å²) in [6.07, 6.45) is 7.59. The summed E-state index contributed by atoms with van der Waals surface area (Å²) >= 11 is 0. The number of ether oxygens (including phenoxy) is 1. The normalized spacial score (nSPS) is 15.3. The van der Waals surface area contributed by atoms with Crippen molar-refractivity contribution >= 4 is 23.7 Å². The number of nitro benzene ring substituents is 1. The Kier molecular flexibility index (Phi) is 13.1. The number of nitro groups is 1. The van der Waals surface area contributed by atoms with Gasteiger partial charge in [0.15, 0.2) is 0 Å². The number of allylic oxidation sites excluding steroid dienone is 2. The van der Waals surface area contributed by atoms with Crippen molar-refractivity contribution in [2.75, 3.05) is 13.1 Å². The summed E-state index contributed by atoms with van der Waals surface area (Å²) in [4.78, 5) is 43.8. The van der Waals surface area contributed by atoms with Gasteiger partial charge in [-0.3, -0.25) is 20.0 Å². The van der Waals surface area contributed by atoms with Crippen LogP contribution >= 0.6 is 0 Å². The van der Waals surface area contributed by atoms with Crippen molar-refractivity contribution in [3.8, 4) is 0 Å². The van der Waals surface area contributed by atoms with Crippen LogP contribution in [-0.2, 0) is 27.3 Å². The highest BCUT2D eigenvalue weighted by atomic mass is 16.6. The lowest BCUT2D eigenvalue weighted by Gasteiger charge is -2.30. The quantitative estimate of drug-likeness (QED) is 0.0669. The molecule has 2 N–H and O–H groups in total. The van der Waals surface area contributed by atoms with E-state index in [4.69, 9.17) is 4.74 Å². The molecule has 3 aromatic carbocycles. The van der Waals surface area contributed by atoms with Gasteiger partial charge >= 0.3 is 11.9 Å². The number of nitrogens with zero attached hydrogens (tertiary/aromatic N) is 3. The highest BCUT2D eigenvalue weighted by Gasteiger charge is 2.38. The van der Waals surface area contributed by atoms with Crippen molar-refractivity contribution in [1.29, 1.82) is 0 Å². The number of carboxylic acids is 1. The van der Waals surface area contributed by atoms with Gasteiger partial charge in [0.1, 0.15) is 0 Å². The monoisotopic (exact) mass is 714 g/mol. The van der Waals surface area contributed by atoms with Crippen LogP contribution in [0.3, 0.4) is 0 Å². The fourth-order valence-corrected chi connectivity index (χ4v) is 6.82. The van der Waals surface area contributed by atoms with Gasteiger partial charge in [-0.2, -0.15) is 0 Å². The molecular weight excluding hydrogens is 668 g/mol. The summed E-state index contributed by atoms with van der Waals surface area (Å²) in [7, 11) is 0. The zero-order valence-electron chi connectivity index (χ0n) is 30.6. The highest BCUT2D eigenvalue weighted by Crippen LogP contribution is 2.40. The van der Waals surface area contributed by atoms with E-state index < -0.39 is 28.9 Å². The second kappa shape index (κ2) is 18.1. The van der Waals surface area contributed by atoms with E-state index in [-0.39, 0.29) is 16.8 Å². The Bertz CT molecular complexity index is 2010. The van der Waals surface area contributed by atoms with Crippen LogP contribution in [0.5, 0.6) is 0 Å². The number of hydrogen-bond donors (Lipinski definition) is 2. The van der Waals surface area contributed by atoms with E-state index in [0.717, 1.165) is 38.0 Å². The van der Waals surface area contributed by atoms with Crippen LogP contribution in [0.25, 0.3) is 6.08 Å². The Morgan fingerprint density at radius 2 is 1.68 bits per heavy atom. The van der Waals surface area contributed by atoms with Gasteiger partial charge < -0.3 is 15.2 Å². The highest BCUT2D eigenvalue weighted by molar-refractivity contribution is 5.99. The summed E-state index contributed by atoms with van der Waals surface area (Å²) < 4.78 is 5.94. The number of aliphatic carboxylic acids is 1. The average molecular weight is 715 g/mol. The van der Waals surface area contributed by atoms with Crippen molar-refractivity contribution in [2.45, 2.75) is 65.5 Å². The molecule has 2 atom stereocenters. The minimum absolute atomic E-state index is 0.0589. The molecule has 0 radical (unpaired) electrons. The fraction of sp³-hybridized carbons (Fsp3) is 0.279. The first-order valence-corrected chi connectivity index (χ1v) is 17.8. The van der Waals surface area contributed by atoms with Gasteiger partial charge in [-0.15, -0.1) is 0 Å². The molecule has 2 heterocycles. The first kappa shape index (κ1) is 38.4. The lowest BCUT2D eigenvalue weighted by atomic mass is 9.80. The summed E-state index contributed by atoms with van der Waals surface area (Å²) in [5, 5.41) is 24.7. The zero-order valence-corrected chi connectivity index (χ0v) is 30.6. The smallest absolute Gasteiger partial charge is 0.337 e. The van der Waals surface area contributed by atoms with E-state index in [9.17, 15) is 24.8 Å². The summed E-state index contributed by atoms with van der Waals surface area (Å²) in [5.74, 6) is -2.92. The second-order valence-electron chi connectivity index (χ2n) is 13.6. The predicted molar refractivity (Wildman–Crippen MR) is 206 cm³/mol. The molecule has 4 aromatic rings. The molecule has 274 valence electrons. The maximum Gasteiger partial charge on any atom is 0.337 e. The number of dihydropyridines is 1. The molecule has 0 aliphatic carbocycles. The van der Waals surface area contributed by atoms with E-state index >= 15 is 0 Å². The van der Waals surface area contributed by atoms with Crippen LogP contribution in [0, 0.1) is 10.1 Å². The average Bonchev–Trinajstić information content (AvgIpc) is 3.12. The summed E-state index contributed by atoms with van der Waals surface area (Å²) in [5.41, 5.74) is 6.97. The number of esters is 1. The molecular formula is C43H46N4O6. The number of nitrogens with one attached hydrogen (secondary N) is 1. The molecule has 1 aliphatic rings. The Hall–Kier alpha value is -5.87. The van der Waals surface area contributed by atoms with Crippen LogP contribution in [0.2, 0.25) is 0 Å². The molecule has 10 nitrogen and oxygen atoms in total. The third-order valence-corrected chi connectivity index (χ3v) is 9.26. The molecule has 5 rings (SSSR count). The molecule has 1 aliphatic heterocycles. The van der Waals surface area contributed by atoms with E-state index in [1.165, 1.54) is 40.5 Å². The lowest BCUT2D eigenvalue weighted by molar-refractivity contribution is -0.384. The van der Waals surface area contributed by atoms with Gasteiger partial charge in [0, 0.05) is 49.0 Å². The Balaban J connectivity index is 1.24. The number of carbonyl (C=O) groups excluding carboxylic acids is 1. The SMILES string of the molecule is CC(=Cc1ccc(Cc2cccnc2)cc1)CN(CCCC(C)OC(=O)C1=C(C)NC(C)=C(C(=O)O)C1c1cccc([N+](=O)[O-])c1)Cc1ccccc1. The Morgan fingerprint density at radius 1 is 0.962 bits per heavy atom. The first-order chi connectivity index (χ1) is 25.5. The van der Waals surface area contributed by atoms with Crippen LogP contribution in [-0.4, -0.2) is 51.0 Å². The van der Waals surface area contributed by atoms with Gasteiger partial charge in [-0.05, 0) is 87.4 Å². The van der Waals surface area contributed by atoms with Crippen molar-refractivity contribution in [3.63, 3.8) is 0 Å². The molecule has 0 amide bonds. The van der Waals surface area contributed by atoms with E-state index in [1.807, 2.05) is 37.4 Å². The maximum atomic E-state index is 13.8. The Labute approximate surface area is 310 Å². The number of pyridine rings is 1. The third kappa shape index (κ3) is 10.6. The molecule has 1 aromatic heterocycles. The molecule has 10 heteroatoms. The van der Waals surface area contributed by atoms with Gasteiger partial charge in [-0.1, -0.05) is 84.4 Å². The minimum atomic E-state index is -1.22. The third-order valence-electron chi connectivity index (χ3n) is 9.26. The van der Waals surface area contributed by atoms with E-state index in [2.05, 4.69) is 70.7 Å². The van der Waals surface area contributed by atoms with Crippen molar-refractivity contribution in [3.05, 3.63) is 169 Å². The number of carboxylic acid groups (broad SMARTS) is 1. The van der Waals surface area contributed by atoms with Gasteiger partial charge in [0.05, 0.1) is 28.1 Å². The molecule has 0 fully saturated rings. The van der Waals surface area contributed by atoms with E-state index in [1.54, 1.807) is 26.1 Å². The van der Waals surface area contributed by atoms with Crippen molar-refractivity contribution < 1.29 is 24.4 Å². The van der Waals surface area contributed by atoms with Crippen LogP contribution in [0.4, 0.5) is 5.69 Å². The maximum absolute atomic E-state index is 13.8. The van der Waals surface area contributed by atoms with Crippen molar-refractivity contribution in [2.24, 2.45) is 0 Å². The summed E-state index contributed by atoms with van der Waals surface area (Å²) in [6, 6.07) is 28.7. The number of hydrogen-bond acceptors (Lipinski definition) is 8. The molecule has 0 spiro atoms. The number of carbonyl (C=O) groups is 2. The van der Waals surface area contributed by atoms with E-state index in [0.29, 0.717) is 23.4 Å². The van der Waals surface area contributed by atoms with Crippen LogP contribution in [0.15, 0.2) is 132 Å². The predicted octanol–water partition coefficient (Wildman–Crippen LogP) is 8.22. The Morgan fingerprint density at radius 3 is 2.36 bits per heavy atom.